The van der Waals surface area contributed by atoms with Gasteiger partial charge in [0.1, 0.15) is 61.0 Å². The van der Waals surface area contributed by atoms with Gasteiger partial charge in [-0.2, -0.15) is 0 Å². The molecule has 0 amide bonds. The topological polar surface area (TPSA) is 315 Å². The SMILES string of the molecule is C[C@@H]1O[C@@H](O[C@H]2[C@H](O[C@H]3[C@H](O[C@H]4CC[C@@]5(C)C(CC[C@]6(C)C5CC=C5C7CC(C)(C)[C@@H](O)[C@@H](O)[C@]7(C)CCC56C)[C@@]4(C)CO)O[C@H](C(=O)O)[C@@H](O)[C@@H]3O)O[C@H](CO)[C@H](O)[C@@H]2O)[C@H](O)[C@H](O)[C@H]1O. The lowest BCUT2D eigenvalue weighted by Crippen LogP contribution is -2.68. The van der Waals surface area contributed by atoms with Gasteiger partial charge in [-0.15, -0.1) is 0 Å². The zero-order chi connectivity index (χ0) is 49.3. The molecule has 12 N–H and O–H groups in total. The molecule has 67 heavy (non-hydrogen) atoms. The lowest BCUT2D eigenvalue weighted by Gasteiger charge is -2.72. The molecule has 384 valence electrons. The molecular weight excluding hydrogens is 881 g/mol. The first-order chi connectivity index (χ1) is 31.2. The minimum Gasteiger partial charge on any atom is -0.479 e. The minimum atomic E-state index is -2.08. The third-order valence-corrected chi connectivity index (χ3v) is 19.7. The van der Waals surface area contributed by atoms with Crippen molar-refractivity contribution in [2.45, 2.75) is 217 Å². The molecule has 4 unspecified atom stereocenters. The van der Waals surface area contributed by atoms with Crippen LogP contribution in [0.3, 0.4) is 0 Å². The lowest BCUT2D eigenvalue weighted by atomic mass is 9.33. The van der Waals surface area contributed by atoms with E-state index in [0.29, 0.717) is 12.8 Å². The van der Waals surface area contributed by atoms with Gasteiger partial charge >= 0.3 is 5.97 Å². The van der Waals surface area contributed by atoms with E-state index in [-0.39, 0.29) is 40.6 Å². The second kappa shape index (κ2) is 17.9. The largest absolute Gasteiger partial charge is 0.479 e. The molecule has 19 nitrogen and oxygen atoms in total. The number of rotatable bonds is 9. The van der Waals surface area contributed by atoms with E-state index >= 15 is 0 Å². The van der Waals surface area contributed by atoms with Gasteiger partial charge in [0.25, 0.3) is 0 Å². The molecular formula is C48H78O19. The van der Waals surface area contributed by atoms with Crippen molar-refractivity contribution in [1.82, 2.24) is 0 Å². The predicted octanol–water partition coefficient (Wildman–Crippen LogP) is -0.325. The normalized spacial score (nSPS) is 56.4. The van der Waals surface area contributed by atoms with Crippen molar-refractivity contribution in [3.05, 3.63) is 11.6 Å². The van der Waals surface area contributed by atoms with Gasteiger partial charge in [0.15, 0.2) is 25.0 Å². The molecule has 3 heterocycles. The maximum Gasteiger partial charge on any atom is 0.335 e. The summed E-state index contributed by atoms with van der Waals surface area (Å²) in [7, 11) is 0. The maximum absolute atomic E-state index is 12.5. The molecule has 0 aromatic carbocycles. The minimum absolute atomic E-state index is 0.102. The molecule has 3 aliphatic heterocycles. The van der Waals surface area contributed by atoms with E-state index in [9.17, 15) is 66.1 Å². The molecule has 7 fully saturated rings. The van der Waals surface area contributed by atoms with E-state index < -0.39 is 139 Å². The quantitative estimate of drug-likeness (QED) is 0.104. The van der Waals surface area contributed by atoms with E-state index in [1.807, 2.05) is 20.8 Å². The van der Waals surface area contributed by atoms with Gasteiger partial charge in [-0.3, -0.25) is 0 Å². The number of ether oxygens (including phenoxy) is 6. The third kappa shape index (κ3) is 7.83. The Balaban J connectivity index is 1.08. The number of carboxylic acids is 1. The third-order valence-electron chi connectivity index (χ3n) is 19.7. The first kappa shape index (κ1) is 51.9. The number of aliphatic hydroxyl groups excluding tert-OH is 11. The Bertz CT molecular complexity index is 1850. The average Bonchev–Trinajstić information content (AvgIpc) is 3.27. The van der Waals surface area contributed by atoms with Gasteiger partial charge in [0, 0.05) is 10.8 Å². The monoisotopic (exact) mass is 959 g/mol. The summed E-state index contributed by atoms with van der Waals surface area (Å²) >= 11 is 0. The predicted molar refractivity (Wildman–Crippen MR) is 232 cm³/mol. The van der Waals surface area contributed by atoms with Gasteiger partial charge < -0.3 is 89.7 Å². The summed E-state index contributed by atoms with van der Waals surface area (Å²) < 4.78 is 36.2. The Morgan fingerprint density at radius 3 is 1.91 bits per heavy atom. The van der Waals surface area contributed by atoms with Crippen LogP contribution in [0.25, 0.3) is 0 Å². The summed E-state index contributed by atoms with van der Waals surface area (Å²) in [5, 5.41) is 131. The summed E-state index contributed by atoms with van der Waals surface area (Å²) in [4.78, 5) is 12.5. The van der Waals surface area contributed by atoms with Crippen molar-refractivity contribution in [2.75, 3.05) is 13.2 Å². The molecule has 8 rings (SSSR count). The fraction of sp³-hybridized carbons (Fsp3) is 0.938. The molecule has 0 bridgehead atoms. The van der Waals surface area contributed by atoms with Gasteiger partial charge in [0.2, 0.25) is 0 Å². The summed E-state index contributed by atoms with van der Waals surface area (Å²) in [6, 6.07) is 0. The second-order valence-electron chi connectivity index (χ2n) is 23.6. The van der Waals surface area contributed by atoms with E-state index in [4.69, 9.17) is 28.4 Å². The highest BCUT2D eigenvalue weighted by molar-refractivity contribution is 5.73. The molecule has 0 spiro atoms. The molecule has 4 saturated carbocycles. The van der Waals surface area contributed by atoms with Gasteiger partial charge in [-0.05, 0) is 97.7 Å². The van der Waals surface area contributed by atoms with Crippen LogP contribution in [0.4, 0.5) is 0 Å². The summed E-state index contributed by atoms with van der Waals surface area (Å²) in [6.45, 7) is 15.5. The van der Waals surface area contributed by atoms with E-state index in [1.165, 1.54) is 12.5 Å². The fourth-order valence-corrected chi connectivity index (χ4v) is 15.1. The Morgan fingerprint density at radius 1 is 0.657 bits per heavy atom. The van der Waals surface area contributed by atoms with Crippen LogP contribution < -0.4 is 0 Å². The first-order valence-corrected chi connectivity index (χ1v) is 24.4. The first-order valence-electron chi connectivity index (χ1n) is 24.4. The van der Waals surface area contributed by atoms with Crippen molar-refractivity contribution in [3.63, 3.8) is 0 Å². The van der Waals surface area contributed by atoms with Crippen LogP contribution in [0.15, 0.2) is 11.6 Å². The Morgan fingerprint density at radius 2 is 1.28 bits per heavy atom. The van der Waals surface area contributed by atoms with Gasteiger partial charge in [-0.25, -0.2) is 4.79 Å². The van der Waals surface area contributed by atoms with Crippen molar-refractivity contribution >= 4 is 5.97 Å². The van der Waals surface area contributed by atoms with Crippen LogP contribution in [-0.2, 0) is 33.2 Å². The maximum atomic E-state index is 12.5. The zero-order valence-electron chi connectivity index (χ0n) is 40.0. The van der Waals surface area contributed by atoms with Crippen LogP contribution in [0.5, 0.6) is 0 Å². The number of carbonyl (C=O) groups is 1. The number of carboxylic acid groups (broad SMARTS) is 1. The molecule has 0 aromatic heterocycles. The molecule has 5 aliphatic carbocycles. The molecule has 0 radical (unpaired) electrons. The van der Waals surface area contributed by atoms with Crippen LogP contribution in [0.2, 0.25) is 0 Å². The Labute approximate surface area is 392 Å². The number of hydrogen-bond donors (Lipinski definition) is 12. The summed E-state index contributed by atoms with van der Waals surface area (Å²) in [6.07, 6.45) is -20.7. The number of fused-ring (bicyclic) bond motifs is 7. The highest BCUT2D eigenvalue weighted by Gasteiger charge is 2.70. The Kier molecular flexibility index (Phi) is 13.9. The smallest absolute Gasteiger partial charge is 0.335 e. The number of aliphatic hydroxyl groups is 11. The lowest BCUT2D eigenvalue weighted by molar-refractivity contribution is -0.396. The zero-order valence-corrected chi connectivity index (χ0v) is 40.0. The number of allylic oxidation sites excluding steroid dienone is 2. The van der Waals surface area contributed by atoms with Crippen LogP contribution in [0.1, 0.15) is 107 Å². The number of aliphatic carboxylic acids is 1. The summed E-state index contributed by atoms with van der Waals surface area (Å²) in [5.41, 5.74) is -1.17. The number of hydrogen-bond acceptors (Lipinski definition) is 18. The highest BCUT2D eigenvalue weighted by Crippen LogP contribution is 2.76. The summed E-state index contributed by atoms with van der Waals surface area (Å²) in [5.74, 6) is -1.44. The molecule has 19 heteroatoms. The van der Waals surface area contributed by atoms with Crippen LogP contribution >= 0.6 is 0 Å². The van der Waals surface area contributed by atoms with E-state index in [0.717, 1.165) is 38.5 Å². The van der Waals surface area contributed by atoms with Gasteiger partial charge in [-0.1, -0.05) is 60.1 Å². The Hall–Kier alpha value is -1.47. The van der Waals surface area contributed by atoms with E-state index in [1.54, 1.807) is 0 Å². The van der Waals surface area contributed by atoms with Crippen molar-refractivity contribution in [1.29, 1.82) is 0 Å². The standard InChI is InChI=1S/C48H78O19/c1-20-27(51)29(53)33(57)40(62-20)66-35-30(54)28(52)23(18-49)63-41(35)67-36-32(56)31(55)34(39(60)61)65-42(36)64-26-12-13-45(5)24(46(26,6)19-50)11-14-48(8)25(45)10-9-21-22-17-43(2,3)37(58)38(59)44(22,4)15-16-47(21,48)7/h9,20,22-38,40-42,49-59H,10-19H2,1-8H3,(H,60,61)/t20-,22?,23+,24?,25?,26-,27-,28-,29+,30-,31-,32-,33+,34-,35+,36+,37-,38+,40-,41-,42+,44+,45-,46+,47?,48+/m0/s1. The molecule has 26 atom stereocenters. The van der Waals surface area contributed by atoms with Crippen LogP contribution in [-0.4, -0.2) is 191 Å². The van der Waals surface area contributed by atoms with E-state index in [2.05, 4.69) is 33.8 Å². The fourth-order valence-electron chi connectivity index (χ4n) is 15.1. The molecule has 3 saturated heterocycles. The van der Waals surface area contributed by atoms with Crippen LogP contribution in [0, 0.1) is 50.2 Å². The second-order valence-corrected chi connectivity index (χ2v) is 23.6. The van der Waals surface area contributed by atoms with Crippen molar-refractivity contribution < 1.29 is 94.5 Å². The molecule has 8 aliphatic rings. The van der Waals surface area contributed by atoms with Crippen molar-refractivity contribution in [3.8, 4) is 0 Å². The highest BCUT2D eigenvalue weighted by atomic mass is 16.8. The van der Waals surface area contributed by atoms with Crippen molar-refractivity contribution in [2.24, 2.45) is 50.2 Å². The van der Waals surface area contributed by atoms with Gasteiger partial charge in [0.05, 0.1) is 37.6 Å². The average molecular weight is 959 g/mol. The molecule has 0 aromatic rings.